The summed E-state index contributed by atoms with van der Waals surface area (Å²) in [4.78, 5) is 45.5. The molecule has 0 aliphatic heterocycles. The third kappa shape index (κ3) is 8.48. The summed E-state index contributed by atoms with van der Waals surface area (Å²) >= 11 is 0. The van der Waals surface area contributed by atoms with E-state index in [9.17, 15) is 19.2 Å². The number of carbonyl (C=O) groups excluding carboxylic acids is 2. The fraction of sp³-hybridized carbons (Fsp3) is 0.750. The van der Waals surface area contributed by atoms with Gasteiger partial charge in [-0.2, -0.15) is 0 Å². The minimum Gasteiger partial charge on any atom is -0.481 e. The number of carboxylic acids is 2. The van der Waals surface area contributed by atoms with Crippen molar-refractivity contribution in [2.45, 2.75) is 63.5 Å². The van der Waals surface area contributed by atoms with Gasteiger partial charge in [0.15, 0.2) is 0 Å². The van der Waals surface area contributed by atoms with Crippen LogP contribution >= 0.6 is 0 Å². The quantitative estimate of drug-likeness (QED) is 0.363. The maximum absolute atomic E-state index is 12.2. The van der Waals surface area contributed by atoms with E-state index < -0.39 is 42.4 Å². The minimum atomic E-state index is -1.23. The molecule has 2 amide bonds. The van der Waals surface area contributed by atoms with Gasteiger partial charge in [0.2, 0.25) is 11.8 Å². The van der Waals surface area contributed by atoms with Crippen LogP contribution < -0.4 is 16.4 Å². The number of rotatable bonds is 10. The summed E-state index contributed by atoms with van der Waals surface area (Å²) in [6.07, 6.45) is 5.56. The molecule has 1 saturated carbocycles. The molecule has 0 spiro atoms. The molecule has 9 nitrogen and oxygen atoms in total. The Morgan fingerprint density at radius 3 is 2.20 bits per heavy atom. The Balaban J connectivity index is 2.57. The van der Waals surface area contributed by atoms with Crippen LogP contribution in [0.4, 0.5) is 0 Å². The molecule has 25 heavy (non-hydrogen) atoms. The first-order valence-corrected chi connectivity index (χ1v) is 8.56. The molecule has 0 heterocycles. The van der Waals surface area contributed by atoms with Crippen LogP contribution in [-0.4, -0.2) is 52.6 Å². The summed E-state index contributed by atoms with van der Waals surface area (Å²) in [5, 5.41) is 22.0. The van der Waals surface area contributed by atoms with Crippen molar-refractivity contribution in [3.05, 3.63) is 0 Å². The SMILES string of the molecule is NC(CC1CCCCC1)C(=O)N[C@H](CCC(=O)O)C(=O)NCC(=O)O. The molecule has 1 fully saturated rings. The van der Waals surface area contributed by atoms with Crippen molar-refractivity contribution >= 4 is 23.8 Å². The second kappa shape index (κ2) is 10.7. The van der Waals surface area contributed by atoms with E-state index >= 15 is 0 Å². The molecular weight excluding hydrogens is 330 g/mol. The fourth-order valence-corrected chi connectivity index (χ4v) is 2.99. The molecule has 142 valence electrons. The van der Waals surface area contributed by atoms with Gasteiger partial charge in [-0.15, -0.1) is 0 Å². The lowest BCUT2D eigenvalue weighted by Crippen LogP contribution is -2.52. The number of carboxylic acid groups (broad SMARTS) is 2. The van der Waals surface area contributed by atoms with Crippen molar-refractivity contribution in [2.24, 2.45) is 11.7 Å². The van der Waals surface area contributed by atoms with Crippen molar-refractivity contribution in [3.8, 4) is 0 Å². The molecule has 1 aliphatic rings. The van der Waals surface area contributed by atoms with Crippen LogP contribution in [0.15, 0.2) is 0 Å². The van der Waals surface area contributed by atoms with Crippen LogP contribution in [0.2, 0.25) is 0 Å². The molecular formula is C16H27N3O6. The molecule has 0 saturated heterocycles. The number of hydrogen-bond acceptors (Lipinski definition) is 5. The van der Waals surface area contributed by atoms with E-state index in [4.69, 9.17) is 15.9 Å². The van der Waals surface area contributed by atoms with Gasteiger partial charge in [0.25, 0.3) is 0 Å². The standard InChI is InChI=1S/C16H27N3O6/c17-11(8-10-4-2-1-3-5-10)15(24)19-12(6-7-13(20)21)16(25)18-9-14(22)23/h10-12H,1-9,17H2,(H,18,25)(H,19,24)(H,20,21)(H,22,23)/t11?,12-/m1/s1. The van der Waals surface area contributed by atoms with Gasteiger partial charge in [0.1, 0.15) is 12.6 Å². The second-order valence-corrected chi connectivity index (χ2v) is 6.45. The van der Waals surface area contributed by atoms with Gasteiger partial charge in [-0.3, -0.25) is 19.2 Å². The average molecular weight is 357 g/mol. The molecule has 0 radical (unpaired) electrons. The Kier molecular flexibility index (Phi) is 8.90. The fourth-order valence-electron chi connectivity index (χ4n) is 2.99. The van der Waals surface area contributed by atoms with Gasteiger partial charge in [0.05, 0.1) is 6.04 Å². The van der Waals surface area contributed by atoms with E-state index in [0.717, 1.165) is 25.7 Å². The summed E-state index contributed by atoms with van der Waals surface area (Å²) in [6, 6.07) is -1.90. The number of aliphatic carboxylic acids is 2. The molecule has 6 N–H and O–H groups in total. The summed E-state index contributed by atoms with van der Waals surface area (Å²) in [6.45, 7) is -0.605. The van der Waals surface area contributed by atoms with Crippen molar-refractivity contribution in [3.63, 3.8) is 0 Å². The Bertz CT molecular complexity index is 490. The van der Waals surface area contributed by atoms with Crippen molar-refractivity contribution in [1.29, 1.82) is 0 Å². The molecule has 0 aromatic rings. The van der Waals surface area contributed by atoms with Gasteiger partial charge in [-0.25, -0.2) is 0 Å². The monoisotopic (exact) mass is 357 g/mol. The minimum absolute atomic E-state index is 0.136. The Hall–Kier alpha value is -2.16. The topological polar surface area (TPSA) is 159 Å². The van der Waals surface area contributed by atoms with E-state index in [-0.39, 0.29) is 12.8 Å². The first kappa shape index (κ1) is 20.9. The average Bonchev–Trinajstić information content (AvgIpc) is 2.56. The highest BCUT2D eigenvalue weighted by molar-refractivity contribution is 5.91. The van der Waals surface area contributed by atoms with Gasteiger partial charge >= 0.3 is 11.9 Å². The van der Waals surface area contributed by atoms with Gasteiger partial charge in [-0.05, 0) is 18.8 Å². The van der Waals surface area contributed by atoms with Gasteiger partial charge < -0.3 is 26.6 Å². The van der Waals surface area contributed by atoms with Crippen molar-refractivity contribution < 1.29 is 29.4 Å². The van der Waals surface area contributed by atoms with Crippen molar-refractivity contribution in [1.82, 2.24) is 10.6 Å². The number of amides is 2. The first-order chi connectivity index (χ1) is 11.8. The molecule has 1 unspecified atom stereocenters. The lowest BCUT2D eigenvalue weighted by atomic mass is 9.85. The largest absolute Gasteiger partial charge is 0.481 e. The number of nitrogens with two attached hydrogens (primary N) is 1. The summed E-state index contributed by atoms with van der Waals surface area (Å²) in [7, 11) is 0. The summed E-state index contributed by atoms with van der Waals surface area (Å²) in [5.41, 5.74) is 5.92. The maximum Gasteiger partial charge on any atom is 0.322 e. The summed E-state index contributed by atoms with van der Waals surface area (Å²) in [5.74, 6) is -3.22. The van der Waals surface area contributed by atoms with Crippen LogP contribution in [0.25, 0.3) is 0 Å². The van der Waals surface area contributed by atoms with Gasteiger partial charge in [-0.1, -0.05) is 32.1 Å². The zero-order chi connectivity index (χ0) is 18.8. The lowest BCUT2D eigenvalue weighted by molar-refractivity contribution is -0.140. The normalized spacial score (nSPS) is 17.3. The van der Waals surface area contributed by atoms with Crippen LogP contribution in [0, 0.1) is 5.92 Å². The van der Waals surface area contributed by atoms with E-state index in [1.54, 1.807) is 0 Å². The van der Waals surface area contributed by atoms with Crippen LogP contribution in [0.3, 0.4) is 0 Å². The molecule has 0 aromatic carbocycles. The highest BCUT2D eigenvalue weighted by atomic mass is 16.4. The third-order valence-corrected chi connectivity index (χ3v) is 4.34. The number of carbonyl (C=O) groups is 4. The van der Waals surface area contributed by atoms with E-state index in [1.807, 2.05) is 0 Å². The second-order valence-electron chi connectivity index (χ2n) is 6.45. The zero-order valence-electron chi connectivity index (χ0n) is 14.2. The van der Waals surface area contributed by atoms with Crippen LogP contribution in [0.5, 0.6) is 0 Å². The third-order valence-electron chi connectivity index (χ3n) is 4.34. The zero-order valence-corrected chi connectivity index (χ0v) is 14.2. The van der Waals surface area contributed by atoms with E-state index in [1.165, 1.54) is 6.42 Å². The molecule has 0 bridgehead atoms. The molecule has 1 aliphatic carbocycles. The van der Waals surface area contributed by atoms with Crippen LogP contribution in [-0.2, 0) is 19.2 Å². The van der Waals surface area contributed by atoms with E-state index in [2.05, 4.69) is 10.6 Å². The molecule has 0 aromatic heterocycles. The Morgan fingerprint density at radius 2 is 1.64 bits per heavy atom. The predicted octanol–water partition coefficient (Wildman–Crippen LogP) is -0.165. The highest BCUT2D eigenvalue weighted by Crippen LogP contribution is 2.26. The Morgan fingerprint density at radius 1 is 1.00 bits per heavy atom. The number of hydrogen-bond donors (Lipinski definition) is 5. The Labute approximate surface area is 146 Å². The number of nitrogens with one attached hydrogen (secondary N) is 2. The summed E-state index contributed by atoms with van der Waals surface area (Å²) < 4.78 is 0. The lowest BCUT2D eigenvalue weighted by Gasteiger charge is -2.25. The van der Waals surface area contributed by atoms with Crippen molar-refractivity contribution in [2.75, 3.05) is 6.54 Å². The highest BCUT2D eigenvalue weighted by Gasteiger charge is 2.26. The smallest absolute Gasteiger partial charge is 0.322 e. The van der Waals surface area contributed by atoms with E-state index in [0.29, 0.717) is 12.3 Å². The molecule has 2 atom stereocenters. The maximum atomic E-state index is 12.2. The van der Waals surface area contributed by atoms with Crippen LogP contribution in [0.1, 0.15) is 51.4 Å². The molecule has 9 heteroatoms. The predicted molar refractivity (Wildman–Crippen MR) is 88.6 cm³/mol. The van der Waals surface area contributed by atoms with Gasteiger partial charge in [0, 0.05) is 6.42 Å². The molecule has 1 rings (SSSR count). The first-order valence-electron chi connectivity index (χ1n) is 8.56.